The first-order chi connectivity index (χ1) is 12.3. The average molecular weight is 407 g/mol. The van der Waals surface area contributed by atoms with Gasteiger partial charge in [0.1, 0.15) is 0 Å². The van der Waals surface area contributed by atoms with E-state index in [4.69, 9.17) is 0 Å². The lowest BCUT2D eigenvalue weighted by Crippen LogP contribution is -2.71. The van der Waals surface area contributed by atoms with Crippen LogP contribution in [0.1, 0.15) is 137 Å². The predicted molar refractivity (Wildman–Crippen MR) is 133 cm³/mol. The second kappa shape index (κ2) is 7.00. The van der Waals surface area contributed by atoms with Gasteiger partial charge in [-0.15, -0.1) is 0 Å². The molecule has 4 atom stereocenters. The summed E-state index contributed by atoms with van der Waals surface area (Å²) in [4.78, 5) is 0. The Morgan fingerprint density at radius 2 is 1.03 bits per heavy atom. The molecule has 0 aromatic heterocycles. The van der Waals surface area contributed by atoms with E-state index in [9.17, 15) is 0 Å². The molecule has 1 fully saturated rings. The van der Waals surface area contributed by atoms with Gasteiger partial charge in [0, 0.05) is 0 Å². The Morgan fingerprint density at radius 1 is 0.655 bits per heavy atom. The van der Waals surface area contributed by atoms with Crippen LogP contribution in [-0.4, -0.2) is 0 Å². The molecular weight excluding hydrogens is 348 g/mol. The molecule has 0 aromatic rings. The fraction of sp³-hybridized carbons (Fsp3) is 1.00. The number of hydrogen-bond donors (Lipinski definition) is 0. The molecule has 1 rings (SSSR count). The topological polar surface area (TPSA) is 0 Å². The fourth-order valence-electron chi connectivity index (χ4n) is 8.70. The Bertz CT molecular complexity index is 587. The first kappa shape index (κ1) is 27.0. The summed E-state index contributed by atoms with van der Waals surface area (Å²) in [6.07, 6.45) is 3.89. The zero-order valence-corrected chi connectivity index (χ0v) is 23.7. The van der Waals surface area contributed by atoms with E-state index in [0.717, 1.165) is 0 Å². The van der Waals surface area contributed by atoms with Crippen LogP contribution in [0.25, 0.3) is 0 Å². The second-order valence-corrected chi connectivity index (χ2v) is 16.1. The Morgan fingerprint density at radius 3 is 1.31 bits per heavy atom. The largest absolute Gasteiger partial charge is 0.0622 e. The van der Waals surface area contributed by atoms with Gasteiger partial charge in [-0.25, -0.2) is 0 Å². The normalized spacial score (nSPS) is 39.1. The minimum atomic E-state index is 0.197. The molecule has 0 heteroatoms. The Hall–Kier alpha value is 0. The summed E-state index contributed by atoms with van der Waals surface area (Å²) in [5.74, 6) is 0.657. The maximum absolute atomic E-state index is 2.67. The van der Waals surface area contributed by atoms with Crippen LogP contribution in [0.3, 0.4) is 0 Å². The summed E-state index contributed by atoms with van der Waals surface area (Å²) < 4.78 is 0. The molecule has 0 saturated heterocycles. The average Bonchev–Trinajstić information content (AvgIpc) is 2.38. The highest BCUT2D eigenvalue weighted by atomic mass is 14.8. The summed E-state index contributed by atoms with van der Waals surface area (Å²) in [5.41, 5.74) is 2.13. The van der Waals surface area contributed by atoms with Crippen molar-refractivity contribution in [1.29, 1.82) is 0 Å². The Labute approximate surface area is 186 Å². The highest BCUT2D eigenvalue weighted by molar-refractivity contribution is 5.21. The van der Waals surface area contributed by atoms with E-state index in [0.29, 0.717) is 22.2 Å². The van der Waals surface area contributed by atoms with E-state index < -0.39 is 0 Å². The van der Waals surface area contributed by atoms with Crippen molar-refractivity contribution in [2.75, 3.05) is 0 Å². The molecule has 0 radical (unpaired) electrons. The zero-order chi connectivity index (χ0) is 23.7. The van der Waals surface area contributed by atoms with Crippen molar-refractivity contribution >= 4 is 0 Å². The van der Waals surface area contributed by atoms with E-state index in [1.165, 1.54) is 19.3 Å². The SMILES string of the molecule is CC(C)C1(C)CC(C)(CC(C)(C)C)C(C)(CC(C)(C)C)C(C)(C)C1(C)C(C)(C)C. The van der Waals surface area contributed by atoms with Gasteiger partial charge in [0.15, 0.2) is 0 Å². The molecule has 0 amide bonds. The third-order valence-electron chi connectivity index (χ3n) is 10.4. The Kier molecular flexibility index (Phi) is 6.53. The highest BCUT2D eigenvalue weighted by Crippen LogP contribution is 2.80. The fourth-order valence-corrected chi connectivity index (χ4v) is 8.70. The zero-order valence-electron chi connectivity index (χ0n) is 23.7. The lowest BCUT2D eigenvalue weighted by atomic mass is 9.27. The van der Waals surface area contributed by atoms with Crippen molar-refractivity contribution in [3.05, 3.63) is 0 Å². The van der Waals surface area contributed by atoms with E-state index in [-0.39, 0.29) is 27.1 Å². The molecule has 1 saturated carbocycles. The van der Waals surface area contributed by atoms with Gasteiger partial charge >= 0.3 is 0 Å². The van der Waals surface area contributed by atoms with Gasteiger partial charge in [0.25, 0.3) is 0 Å². The highest BCUT2D eigenvalue weighted by Gasteiger charge is 2.73. The first-order valence-electron chi connectivity index (χ1n) is 12.3. The third kappa shape index (κ3) is 3.98. The van der Waals surface area contributed by atoms with Gasteiger partial charge in [-0.05, 0) is 68.5 Å². The first-order valence-corrected chi connectivity index (χ1v) is 12.3. The van der Waals surface area contributed by atoms with E-state index in [2.05, 4.69) is 118 Å². The molecule has 1 aliphatic carbocycles. The van der Waals surface area contributed by atoms with Crippen molar-refractivity contribution in [2.45, 2.75) is 137 Å². The maximum Gasteiger partial charge on any atom is -0.0164 e. The minimum absolute atomic E-state index is 0.197. The van der Waals surface area contributed by atoms with E-state index in [1.54, 1.807) is 0 Å². The summed E-state index contributed by atoms with van der Waals surface area (Å²) >= 11 is 0. The van der Waals surface area contributed by atoms with Crippen LogP contribution < -0.4 is 0 Å². The van der Waals surface area contributed by atoms with Gasteiger partial charge in [0.2, 0.25) is 0 Å². The van der Waals surface area contributed by atoms with Crippen molar-refractivity contribution in [2.24, 2.45) is 49.2 Å². The predicted octanol–water partition coefficient (Wildman–Crippen LogP) is 10.0. The van der Waals surface area contributed by atoms with E-state index in [1.807, 2.05) is 0 Å². The van der Waals surface area contributed by atoms with Crippen LogP contribution in [0.2, 0.25) is 0 Å². The second-order valence-electron chi connectivity index (χ2n) is 16.1. The molecule has 0 heterocycles. The quantitative estimate of drug-likeness (QED) is 0.437. The van der Waals surface area contributed by atoms with Crippen LogP contribution >= 0.6 is 0 Å². The van der Waals surface area contributed by atoms with Gasteiger partial charge in [-0.1, -0.05) is 118 Å². The summed E-state index contributed by atoms with van der Waals surface area (Å²) in [5, 5.41) is 0. The van der Waals surface area contributed by atoms with E-state index >= 15 is 0 Å². The third-order valence-corrected chi connectivity index (χ3v) is 10.4. The van der Waals surface area contributed by atoms with Gasteiger partial charge in [-0.2, -0.15) is 0 Å². The standard InChI is InChI=1S/C29H58/c1-21(2)27(15)20-26(14,18-22(3,4)5)28(16,19-23(6,7)8)25(12,13)29(27,17)24(9,10)11/h21H,18-20H2,1-17H3. The summed E-state index contributed by atoms with van der Waals surface area (Å²) in [6, 6.07) is 0. The van der Waals surface area contributed by atoms with Crippen LogP contribution in [0.5, 0.6) is 0 Å². The summed E-state index contributed by atoms with van der Waals surface area (Å²) in [6.45, 7) is 43.2. The minimum Gasteiger partial charge on any atom is -0.0622 e. The molecule has 4 unspecified atom stereocenters. The molecule has 0 bridgehead atoms. The lowest BCUT2D eigenvalue weighted by Gasteiger charge is -2.78. The maximum atomic E-state index is 2.67. The Balaban J connectivity index is 4.02. The van der Waals surface area contributed by atoms with Gasteiger partial charge < -0.3 is 0 Å². The van der Waals surface area contributed by atoms with Crippen LogP contribution in [0.4, 0.5) is 0 Å². The molecule has 0 aromatic carbocycles. The molecule has 29 heavy (non-hydrogen) atoms. The lowest BCUT2D eigenvalue weighted by molar-refractivity contribution is -0.295. The monoisotopic (exact) mass is 406 g/mol. The van der Waals surface area contributed by atoms with Crippen molar-refractivity contribution in [3.8, 4) is 0 Å². The summed E-state index contributed by atoms with van der Waals surface area (Å²) in [7, 11) is 0. The molecule has 0 N–H and O–H groups in total. The van der Waals surface area contributed by atoms with Crippen LogP contribution in [0.15, 0.2) is 0 Å². The van der Waals surface area contributed by atoms with Gasteiger partial charge in [0.05, 0.1) is 0 Å². The molecule has 0 spiro atoms. The molecule has 0 nitrogen and oxygen atoms in total. The van der Waals surface area contributed by atoms with Crippen molar-refractivity contribution in [3.63, 3.8) is 0 Å². The van der Waals surface area contributed by atoms with Crippen LogP contribution in [0, 0.1) is 49.2 Å². The van der Waals surface area contributed by atoms with Crippen molar-refractivity contribution in [1.82, 2.24) is 0 Å². The molecule has 1 aliphatic rings. The molecule has 0 aliphatic heterocycles. The van der Waals surface area contributed by atoms with Crippen LogP contribution in [-0.2, 0) is 0 Å². The number of rotatable bonds is 3. The smallest absolute Gasteiger partial charge is 0.0164 e. The van der Waals surface area contributed by atoms with Crippen molar-refractivity contribution < 1.29 is 0 Å². The number of hydrogen-bond acceptors (Lipinski definition) is 0. The molecule has 174 valence electrons. The molecular formula is C29H58. The van der Waals surface area contributed by atoms with Gasteiger partial charge in [-0.3, -0.25) is 0 Å².